The summed E-state index contributed by atoms with van der Waals surface area (Å²) in [6, 6.07) is 7.85. The third kappa shape index (κ3) is 4.44. The lowest BCUT2D eigenvalue weighted by Crippen LogP contribution is -2.56. The maximum absolute atomic E-state index is 13.3. The van der Waals surface area contributed by atoms with Crippen molar-refractivity contribution < 1.29 is 38.8 Å². The fourth-order valence-corrected chi connectivity index (χ4v) is 5.60. The van der Waals surface area contributed by atoms with Crippen molar-refractivity contribution in [1.29, 1.82) is 0 Å². The first-order chi connectivity index (χ1) is 18.6. The fourth-order valence-electron chi connectivity index (χ4n) is 4.95. The van der Waals surface area contributed by atoms with Gasteiger partial charge in [-0.15, -0.1) is 0 Å². The van der Waals surface area contributed by atoms with Crippen molar-refractivity contribution >= 4 is 22.1 Å². The number of halogens is 5. The summed E-state index contributed by atoms with van der Waals surface area (Å²) >= 11 is 0. The van der Waals surface area contributed by atoms with Gasteiger partial charge in [0.05, 0.1) is 31.4 Å². The number of nitrogens with zero attached hydrogens (tertiary/aromatic N) is 4. The quantitative estimate of drug-likeness (QED) is 0.346. The van der Waals surface area contributed by atoms with Gasteiger partial charge in [-0.25, -0.2) is 4.98 Å². The Morgan fingerprint density at radius 3 is 2.40 bits per heavy atom. The number of methoxy groups -OCH3 is 1. The first kappa shape index (κ1) is 26.4. The van der Waals surface area contributed by atoms with Gasteiger partial charge < -0.3 is 28.9 Å². The second kappa shape index (κ2) is 7.91. The highest BCUT2D eigenvalue weighted by molar-refractivity contribution is 8.45. The maximum Gasteiger partial charge on any atom is 0.310 e. The number of aliphatic hydroxyl groups excluding tert-OH is 1. The van der Waals surface area contributed by atoms with E-state index < -0.39 is 33.1 Å². The molecular weight excluding hydrogens is 559 g/mol. The molecule has 1 aromatic heterocycles. The van der Waals surface area contributed by atoms with Gasteiger partial charge in [0, 0.05) is 11.8 Å². The average molecular weight is 585 g/mol. The van der Waals surface area contributed by atoms with E-state index >= 15 is 0 Å². The van der Waals surface area contributed by atoms with E-state index in [9.17, 15) is 24.5 Å². The molecule has 3 aromatic rings. The molecule has 1 aliphatic carbocycles. The van der Waals surface area contributed by atoms with Crippen molar-refractivity contribution in [3.8, 4) is 11.4 Å². The summed E-state index contributed by atoms with van der Waals surface area (Å²) in [5.74, 6) is 1.12. The Morgan fingerprint density at radius 2 is 1.82 bits per heavy atom. The molecule has 1 spiro atoms. The fraction of sp³-hybridized carbons (Fsp3) is 0.308. The van der Waals surface area contributed by atoms with E-state index in [1.807, 2.05) is 29.8 Å². The standard InChI is InChI=1S/C26H25F5N4O4S/c1-17-13-34(16-32-17)21-8-3-18(11-22(21)37-2)12-23-24-33-39-26(15-36,35(24)14-25(38-23)9-10-25)19-4-6-20(7-5-19)40(27,28,29,30)31/h3-8,11-13,16,36H,9-10,14-15H2,1-2H3. The number of benzene rings is 2. The van der Waals surface area contributed by atoms with E-state index in [2.05, 4.69) is 10.1 Å². The zero-order chi connectivity index (χ0) is 28.6. The molecule has 14 heteroatoms. The molecule has 0 amide bonds. The minimum Gasteiger partial charge on any atom is -0.495 e. The normalized spacial score (nSPS) is 24.1. The SMILES string of the molecule is COc1cc(C=C2OC3(CC3)CN3C2=NOC3(CO)c2ccc(S(F)(F)(F)(F)F)cc2)ccc1-n1cnc(C)c1. The van der Waals surface area contributed by atoms with Crippen LogP contribution >= 0.6 is 10.2 Å². The molecule has 8 nitrogen and oxygen atoms in total. The van der Waals surface area contributed by atoms with Gasteiger partial charge >= 0.3 is 10.2 Å². The Labute approximate surface area is 226 Å². The predicted molar refractivity (Wildman–Crippen MR) is 138 cm³/mol. The molecule has 1 unspecified atom stereocenters. The Morgan fingerprint density at radius 1 is 1.10 bits per heavy atom. The van der Waals surface area contributed by atoms with Crippen LogP contribution in [-0.2, 0) is 15.3 Å². The molecule has 214 valence electrons. The summed E-state index contributed by atoms with van der Waals surface area (Å²) in [4.78, 5) is 9.49. The topological polar surface area (TPSA) is 81.3 Å². The van der Waals surface area contributed by atoms with Gasteiger partial charge in [-0.05, 0) is 55.7 Å². The van der Waals surface area contributed by atoms with Gasteiger partial charge in [-0.1, -0.05) is 42.8 Å². The van der Waals surface area contributed by atoms with Crippen LogP contribution in [0, 0.1) is 6.92 Å². The second-order valence-electron chi connectivity index (χ2n) is 10.2. The monoisotopic (exact) mass is 584 g/mol. The van der Waals surface area contributed by atoms with Crippen molar-refractivity contribution in [3.63, 3.8) is 0 Å². The summed E-state index contributed by atoms with van der Waals surface area (Å²) < 4.78 is 80.2. The summed E-state index contributed by atoms with van der Waals surface area (Å²) in [7, 11) is -8.33. The molecule has 6 rings (SSSR count). The lowest BCUT2D eigenvalue weighted by molar-refractivity contribution is -0.149. The Bertz CT molecular complexity index is 1570. The highest BCUT2D eigenvalue weighted by atomic mass is 32.5. The zero-order valence-electron chi connectivity index (χ0n) is 21.4. The number of morpholine rings is 1. The molecule has 2 aliphatic heterocycles. The van der Waals surface area contributed by atoms with Crippen LogP contribution in [0.4, 0.5) is 19.4 Å². The van der Waals surface area contributed by atoms with E-state index in [0.29, 0.717) is 42.0 Å². The van der Waals surface area contributed by atoms with E-state index in [-0.39, 0.29) is 17.9 Å². The minimum atomic E-state index is -9.87. The number of amidine groups is 1. The van der Waals surface area contributed by atoms with Crippen LogP contribution in [0.25, 0.3) is 11.8 Å². The molecular formula is C26H25F5N4O4S. The Kier molecular flexibility index (Phi) is 5.23. The van der Waals surface area contributed by atoms with Crippen molar-refractivity contribution in [2.75, 3.05) is 20.3 Å². The molecule has 1 saturated carbocycles. The summed E-state index contributed by atoms with van der Waals surface area (Å²) in [6.45, 7) is 1.40. The molecule has 2 fully saturated rings. The van der Waals surface area contributed by atoms with E-state index in [1.165, 1.54) is 0 Å². The number of hydrogen-bond acceptors (Lipinski definition) is 7. The number of fused-ring (bicyclic) bond motifs is 1. The number of aryl methyl sites for hydroxylation is 1. The van der Waals surface area contributed by atoms with Crippen LogP contribution in [-0.4, -0.2) is 51.3 Å². The van der Waals surface area contributed by atoms with Crippen molar-refractivity contribution in [2.24, 2.45) is 5.16 Å². The summed E-state index contributed by atoms with van der Waals surface area (Å²) in [5.41, 5.74) is 0.0264. The van der Waals surface area contributed by atoms with E-state index in [4.69, 9.17) is 14.3 Å². The molecule has 2 aromatic carbocycles. The van der Waals surface area contributed by atoms with Crippen molar-refractivity contribution in [3.05, 3.63) is 77.6 Å². The number of hydrogen-bond donors (Lipinski definition) is 1. The maximum atomic E-state index is 13.3. The largest absolute Gasteiger partial charge is 0.495 e. The minimum absolute atomic E-state index is 0.0399. The van der Waals surface area contributed by atoms with Crippen LogP contribution in [0.1, 0.15) is 29.7 Å². The van der Waals surface area contributed by atoms with Gasteiger partial charge in [0.15, 0.2) is 5.76 Å². The summed E-state index contributed by atoms with van der Waals surface area (Å²) in [6.07, 6.45) is 6.65. The van der Waals surface area contributed by atoms with Crippen molar-refractivity contribution in [1.82, 2.24) is 14.5 Å². The lowest BCUT2D eigenvalue weighted by atomic mass is 9.99. The number of ether oxygens (including phenoxy) is 2. The molecule has 3 aliphatic rings. The highest BCUT2D eigenvalue weighted by Crippen LogP contribution is 3.02. The first-order valence-corrected chi connectivity index (χ1v) is 14.2. The Hall–Kier alpha value is -3.78. The van der Waals surface area contributed by atoms with Gasteiger partial charge in [0.2, 0.25) is 5.84 Å². The number of oxime groups is 1. The van der Waals surface area contributed by atoms with Gasteiger partial charge in [0.25, 0.3) is 5.72 Å². The van der Waals surface area contributed by atoms with E-state index in [0.717, 1.165) is 23.5 Å². The van der Waals surface area contributed by atoms with E-state index in [1.54, 1.807) is 30.5 Å². The lowest BCUT2D eigenvalue weighted by Gasteiger charge is -2.43. The second-order valence-corrected chi connectivity index (χ2v) is 12.6. The van der Waals surface area contributed by atoms with Crippen LogP contribution in [0.15, 0.2) is 70.8 Å². The molecule has 1 saturated heterocycles. The molecule has 0 radical (unpaired) electrons. The average Bonchev–Trinajstić information content (AvgIpc) is 3.31. The molecule has 0 bridgehead atoms. The van der Waals surface area contributed by atoms with Gasteiger partial charge in [0.1, 0.15) is 22.9 Å². The summed E-state index contributed by atoms with van der Waals surface area (Å²) in [5, 5.41) is 14.5. The van der Waals surface area contributed by atoms with Crippen LogP contribution in [0.2, 0.25) is 0 Å². The number of rotatable bonds is 6. The van der Waals surface area contributed by atoms with Crippen LogP contribution in [0.5, 0.6) is 5.75 Å². The van der Waals surface area contributed by atoms with Crippen LogP contribution in [0.3, 0.4) is 0 Å². The zero-order valence-corrected chi connectivity index (χ0v) is 22.2. The van der Waals surface area contributed by atoms with Crippen LogP contribution < -0.4 is 4.74 Å². The third-order valence-electron chi connectivity index (χ3n) is 7.23. The predicted octanol–water partition coefficient (Wildman–Crippen LogP) is 6.24. The molecule has 40 heavy (non-hydrogen) atoms. The Balaban J connectivity index is 1.36. The third-order valence-corrected chi connectivity index (χ3v) is 8.40. The molecule has 1 N–H and O–H groups in total. The highest BCUT2D eigenvalue weighted by Gasteiger charge is 2.66. The van der Waals surface area contributed by atoms with Gasteiger partial charge in [-0.2, -0.15) is 0 Å². The first-order valence-electron chi connectivity index (χ1n) is 12.2. The number of aliphatic hydroxyl groups is 1. The number of aromatic nitrogens is 2. The number of imidazole rings is 1. The molecule has 3 heterocycles. The van der Waals surface area contributed by atoms with Crippen molar-refractivity contribution in [2.45, 2.75) is 36.0 Å². The smallest absolute Gasteiger partial charge is 0.310 e. The van der Waals surface area contributed by atoms with Gasteiger partial charge in [-0.3, -0.25) is 0 Å². The molecule has 1 atom stereocenters.